The van der Waals surface area contributed by atoms with Crippen molar-refractivity contribution in [1.29, 1.82) is 0 Å². The molecule has 0 bridgehead atoms. The van der Waals surface area contributed by atoms with E-state index in [0.717, 1.165) is 24.2 Å². The van der Waals surface area contributed by atoms with Crippen molar-refractivity contribution in [1.82, 2.24) is 0 Å². The van der Waals surface area contributed by atoms with E-state index < -0.39 is 0 Å². The summed E-state index contributed by atoms with van der Waals surface area (Å²) in [6.45, 7) is 8.12. The molecule has 0 aliphatic carbocycles. The molecule has 1 aromatic carbocycles. The summed E-state index contributed by atoms with van der Waals surface area (Å²) in [6, 6.07) is 4.83. The Bertz CT molecular complexity index is 419. The van der Waals surface area contributed by atoms with E-state index in [-0.39, 0.29) is 10.6 Å². The average Bonchev–Trinajstić information content (AvgIpc) is 2.36. The molecular formula is C14H22N2O3. The third kappa shape index (κ3) is 5.26. The summed E-state index contributed by atoms with van der Waals surface area (Å²) >= 11 is 0. The SMILES string of the molecule is CCNc1ccc([N+](=O)[O-])cc1COCCC(C)C. The number of ether oxygens (including phenoxy) is 1. The molecule has 1 rings (SSSR count). The summed E-state index contributed by atoms with van der Waals surface area (Å²) in [4.78, 5) is 10.4. The Labute approximate surface area is 114 Å². The second-order valence-electron chi connectivity index (χ2n) is 4.86. The number of non-ortho nitro benzene ring substituents is 1. The Morgan fingerprint density at radius 3 is 2.74 bits per heavy atom. The first-order valence-electron chi connectivity index (χ1n) is 6.63. The van der Waals surface area contributed by atoms with Crippen molar-refractivity contribution < 1.29 is 9.66 Å². The number of benzene rings is 1. The minimum Gasteiger partial charge on any atom is -0.385 e. The molecule has 1 N–H and O–H groups in total. The number of anilines is 1. The number of nitrogens with zero attached hydrogens (tertiary/aromatic N) is 1. The molecule has 0 aromatic heterocycles. The smallest absolute Gasteiger partial charge is 0.269 e. The average molecular weight is 266 g/mol. The van der Waals surface area contributed by atoms with Crippen molar-refractivity contribution in [3.05, 3.63) is 33.9 Å². The molecule has 0 atom stereocenters. The van der Waals surface area contributed by atoms with Gasteiger partial charge in [-0.3, -0.25) is 10.1 Å². The molecule has 0 saturated carbocycles. The molecule has 0 spiro atoms. The molecule has 0 saturated heterocycles. The highest BCUT2D eigenvalue weighted by molar-refractivity contribution is 5.55. The zero-order chi connectivity index (χ0) is 14.3. The van der Waals surface area contributed by atoms with Gasteiger partial charge in [0.15, 0.2) is 0 Å². The van der Waals surface area contributed by atoms with Gasteiger partial charge in [0, 0.05) is 36.5 Å². The van der Waals surface area contributed by atoms with Crippen LogP contribution in [0, 0.1) is 16.0 Å². The van der Waals surface area contributed by atoms with Crippen molar-refractivity contribution in [3.63, 3.8) is 0 Å². The predicted octanol–water partition coefficient (Wildman–Crippen LogP) is 3.59. The molecule has 0 aliphatic heterocycles. The molecule has 0 amide bonds. The Morgan fingerprint density at radius 1 is 1.42 bits per heavy atom. The highest BCUT2D eigenvalue weighted by Gasteiger charge is 2.10. The normalized spacial score (nSPS) is 10.7. The summed E-state index contributed by atoms with van der Waals surface area (Å²) in [6.07, 6.45) is 0.992. The van der Waals surface area contributed by atoms with Crippen LogP contribution in [0.3, 0.4) is 0 Å². The Balaban J connectivity index is 2.71. The Hall–Kier alpha value is -1.62. The highest BCUT2D eigenvalue weighted by atomic mass is 16.6. The molecule has 19 heavy (non-hydrogen) atoms. The minimum absolute atomic E-state index is 0.101. The van der Waals surface area contributed by atoms with Gasteiger partial charge in [-0.25, -0.2) is 0 Å². The van der Waals surface area contributed by atoms with Crippen molar-refractivity contribution in [2.24, 2.45) is 5.92 Å². The van der Waals surface area contributed by atoms with E-state index in [9.17, 15) is 10.1 Å². The fourth-order valence-corrected chi connectivity index (χ4v) is 1.68. The van der Waals surface area contributed by atoms with Crippen molar-refractivity contribution >= 4 is 11.4 Å². The summed E-state index contributed by atoms with van der Waals surface area (Å²) in [5.41, 5.74) is 1.83. The fourth-order valence-electron chi connectivity index (χ4n) is 1.68. The largest absolute Gasteiger partial charge is 0.385 e. The van der Waals surface area contributed by atoms with Gasteiger partial charge in [0.05, 0.1) is 11.5 Å². The monoisotopic (exact) mass is 266 g/mol. The van der Waals surface area contributed by atoms with Crippen LogP contribution >= 0.6 is 0 Å². The van der Waals surface area contributed by atoms with Crippen LogP contribution in [0.2, 0.25) is 0 Å². The van der Waals surface area contributed by atoms with Gasteiger partial charge in [0.25, 0.3) is 5.69 Å². The van der Waals surface area contributed by atoms with E-state index in [2.05, 4.69) is 19.2 Å². The summed E-state index contributed by atoms with van der Waals surface area (Å²) in [5.74, 6) is 0.596. The van der Waals surface area contributed by atoms with Gasteiger partial charge in [0.1, 0.15) is 0 Å². The van der Waals surface area contributed by atoms with Gasteiger partial charge in [-0.2, -0.15) is 0 Å². The predicted molar refractivity (Wildman–Crippen MR) is 76.4 cm³/mol. The molecule has 0 heterocycles. The van der Waals surface area contributed by atoms with Gasteiger partial charge in [-0.1, -0.05) is 13.8 Å². The summed E-state index contributed by atoms with van der Waals surface area (Å²) in [7, 11) is 0. The molecule has 5 nitrogen and oxygen atoms in total. The first kappa shape index (κ1) is 15.4. The maximum absolute atomic E-state index is 10.8. The molecule has 106 valence electrons. The van der Waals surface area contributed by atoms with Crippen molar-refractivity contribution in [2.45, 2.75) is 33.8 Å². The summed E-state index contributed by atoms with van der Waals surface area (Å²) in [5, 5.41) is 14.0. The molecule has 5 heteroatoms. The quantitative estimate of drug-likeness (QED) is 0.443. The van der Waals surface area contributed by atoms with Crippen LogP contribution in [0.1, 0.15) is 32.8 Å². The number of nitro benzene ring substituents is 1. The van der Waals surface area contributed by atoms with E-state index >= 15 is 0 Å². The van der Waals surface area contributed by atoms with E-state index in [0.29, 0.717) is 19.1 Å². The second-order valence-corrected chi connectivity index (χ2v) is 4.86. The summed E-state index contributed by atoms with van der Waals surface area (Å²) < 4.78 is 5.59. The zero-order valence-corrected chi connectivity index (χ0v) is 11.8. The first-order chi connectivity index (χ1) is 9.04. The lowest BCUT2D eigenvalue weighted by Crippen LogP contribution is -2.05. The number of nitrogens with one attached hydrogen (secondary N) is 1. The van der Waals surface area contributed by atoms with Crippen LogP contribution in [0.15, 0.2) is 18.2 Å². The van der Waals surface area contributed by atoms with Gasteiger partial charge in [-0.05, 0) is 25.3 Å². The van der Waals surface area contributed by atoms with E-state index in [1.54, 1.807) is 12.1 Å². The second kappa shape index (κ2) is 7.74. The first-order valence-corrected chi connectivity index (χ1v) is 6.63. The van der Waals surface area contributed by atoms with Crippen LogP contribution in [-0.2, 0) is 11.3 Å². The lowest BCUT2D eigenvalue weighted by Gasteiger charge is -2.11. The number of nitro groups is 1. The molecular weight excluding hydrogens is 244 g/mol. The minimum atomic E-state index is -0.382. The van der Waals surface area contributed by atoms with Crippen LogP contribution in [-0.4, -0.2) is 18.1 Å². The third-order valence-corrected chi connectivity index (χ3v) is 2.76. The maximum atomic E-state index is 10.8. The molecule has 0 unspecified atom stereocenters. The highest BCUT2D eigenvalue weighted by Crippen LogP contribution is 2.23. The van der Waals surface area contributed by atoms with E-state index in [1.807, 2.05) is 6.92 Å². The van der Waals surface area contributed by atoms with Crippen LogP contribution < -0.4 is 5.32 Å². The molecule has 0 aliphatic rings. The lowest BCUT2D eigenvalue weighted by atomic mass is 10.1. The van der Waals surface area contributed by atoms with Gasteiger partial charge in [-0.15, -0.1) is 0 Å². The van der Waals surface area contributed by atoms with Crippen molar-refractivity contribution in [3.8, 4) is 0 Å². The van der Waals surface area contributed by atoms with E-state index in [4.69, 9.17) is 4.74 Å². The van der Waals surface area contributed by atoms with Gasteiger partial charge in [0.2, 0.25) is 0 Å². The van der Waals surface area contributed by atoms with Crippen molar-refractivity contribution in [2.75, 3.05) is 18.5 Å². The van der Waals surface area contributed by atoms with Crippen LogP contribution in [0.5, 0.6) is 0 Å². The third-order valence-electron chi connectivity index (χ3n) is 2.76. The van der Waals surface area contributed by atoms with Gasteiger partial charge >= 0.3 is 0 Å². The number of hydrogen-bond acceptors (Lipinski definition) is 4. The molecule has 1 aromatic rings. The Morgan fingerprint density at radius 2 is 2.16 bits per heavy atom. The standard InChI is InChI=1S/C14H22N2O3/c1-4-15-14-6-5-13(16(17)18)9-12(14)10-19-8-7-11(2)3/h5-6,9,11,15H,4,7-8,10H2,1-3H3. The van der Waals surface area contributed by atoms with Crippen LogP contribution in [0.25, 0.3) is 0 Å². The van der Waals surface area contributed by atoms with Gasteiger partial charge < -0.3 is 10.1 Å². The topological polar surface area (TPSA) is 64.4 Å². The van der Waals surface area contributed by atoms with E-state index in [1.165, 1.54) is 6.07 Å². The lowest BCUT2D eigenvalue weighted by molar-refractivity contribution is -0.384. The fraction of sp³-hybridized carbons (Fsp3) is 0.571. The zero-order valence-electron chi connectivity index (χ0n) is 11.8. The molecule has 0 fully saturated rings. The Kier molecular flexibility index (Phi) is 6.29. The maximum Gasteiger partial charge on any atom is 0.269 e. The number of hydrogen-bond donors (Lipinski definition) is 1. The number of rotatable bonds is 8. The van der Waals surface area contributed by atoms with Crippen LogP contribution in [0.4, 0.5) is 11.4 Å². The molecule has 0 radical (unpaired) electrons.